The van der Waals surface area contributed by atoms with Crippen molar-refractivity contribution in [3.05, 3.63) is 53.0 Å². The molecule has 0 bridgehead atoms. The Labute approximate surface area is 126 Å². The summed E-state index contributed by atoms with van der Waals surface area (Å²) in [5.74, 6) is -1.13. The molecule has 112 valence electrons. The van der Waals surface area contributed by atoms with E-state index in [1.807, 2.05) is 0 Å². The highest BCUT2D eigenvalue weighted by atomic mass is 32.1. The van der Waals surface area contributed by atoms with Gasteiger partial charge < -0.3 is 5.11 Å². The van der Waals surface area contributed by atoms with Crippen molar-refractivity contribution < 1.29 is 23.1 Å². The van der Waals surface area contributed by atoms with E-state index in [1.165, 1.54) is 12.1 Å². The summed E-state index contributed by atoms with van der Waals surface area (Å²) < 4.78 is 37.9. The van der Waals surface area contributed by atoms with E-state index in [9.17, 15) is 23.1 Å². The van der Waals surface area contributed by atoms with Crippen LogP contribution in [-0.4, -0.2) is 16.1 Å². The fraction of sp³-hybridized carbons (Fsp3) is 0.0667. The van der Waals surface area contributed by atoms with Crippen LogP contribution in [0.3, 0.4) is 0 Å². The predicted octanol–water partition coefficient (Wildman–Crippen LogP) is 4.68. The second kappa shape index (κ2) is 5.10. The summed E-state index contributed by atoms with van der Waals surface area (Å²) in [5.41, 5.74) is 0.0461. The SMILES string of the molecule is O=C(O)c1sc2ncccc2c1-c1ccc(C(F)(F)F)cc1. The van der Waals surface area contributed by atoms with Gasteiger partial charge in [-0.05, 0) is 29.8 Å². The van der Waals surface area contributed by atoms with E-state index < -0.39 is 17.7 Å². The molecule has 0 unspecified atom stereocenters. The molecule has 0 radical (unpaired) electrons. The Balaban J connectivity index is 2.21. The average Bonchev–Trinajstić information content (AvgIpc) is 2.86. The maximum absolute atomic E-state index is 12.6. The van der Waals surface area contributed by atoms with Crippen LogP contribution >= 0.6 is 11.3 Å². The molecule has 0 atom stereocenters. The predicted molar refractivity (Wildman–Crippen MR) is 77.0 cm³/mol. The molecule has 7 heteroatoms. The normalized spacial score (nSPS) is 11.8. The Morgan fingerprint density at radius 1 is 1.14 bits per heavy atom. The van der Waals surface area contributed by atoms with E-state index in [2.05, 4.69) is 4.98 Å². The van der Waals surface area contributed by atoms with Crippen LogP contribution in [0.2, 0.25) is 0 Å². The lowest BCUT2D eigenvalue weighted by Crippen LogP contribution is -2.04. The molecule has 2 aromatic heterocycles. The van der Waals surface area contributed by atoms with Crippen LogP contribution in [0.5, 0.6) is 0 Å². The summed E-state index contributed by atoms with van der Waals surface area (Å²) in [6.45, 7) is 0. The van der Waals surface area contributed by atoms with Gasteiger partial charge >= 0.3 is 12.1 Å². The van der Waals surface area contributed by atoms with Crippen LogP contribution < -0.4 is 0 Å². The molecule has 0 fully saturated rings. The number of hydrogen-bond acceptors (Lipinski definition) is 3. The van der Waals surface area contributed by atoms with E-state index in [0.717, 1.165) is 23.5 Å². The van der Waals surface area contributed by atoms with Crippen molar-refractivity contribution >= 4 is 27.5 Å². The Morgan fingerprint density at radius 2 is 1.82 bits per heavy atom. The molecule has 2 heterocycles. The molecule has 0 spiro atoms. The number of aromatic nitrogens is 1. The Hall–Kier alpha value is -2.41. The van der Waals surface area contributed by atoms with Crippen molar-refractivity contribution in [3.63, 3.8) is 0 Å². The zero-order valence-electron chi connectivity index (χ0n) is 10.9. The first-order chi connectivity index (χ1) is 10.4. The van der Waals surface area contributed by atoms with Gasteiger partial charge in [-0.15, -0.1) is 11.3 Å². The van der Waals surface area contributed by atoms with Crippen LogP contribution in [0.25, 0.3) is 21.3 Å². The Bertz CT molecular complexity index is 853. The third-order valence-corrected chi connectivity index (χ3v) is 4.26. The first-order valence-electron chi connectivity index (χ1n) is 6.16. The summed E-state index contributed by atoms with van der Waals surface area (Å²) in [4.78, 5) is 16.1. The number of nitrogens with zero attached hydrogens (tertiary/aromatic N) is 1. The largest absolute Gasteiger partial charge is 0.477 e. The van der Waals surface area contributed by atoms with Gasteiger partial charge in [-0.1, -0.05) is 12.1 Å². The number of alkyl halides is 3. The summed E-state index contributed by atoms with van der Waals surface area (Å²) in [7, 11) is 0. The fourth-order valence-electron chi connectivity index (χ4n) is 2.20. The van der Waals surface area contributed by atoms with E-state index >= 15 is 0 Å². The summed E-state index contributed by atoms with van der Waals surface area (Å²) in [6, 6.07) is 7.82. The maximum atomic E-state index is 12.6. The fourth-order valence-corrected chi connectivity index (χ4v) is 3.20. The summed E-state index contributed by atoms with van der Waals surface area (Å²) in [6.07, 6.45) is -2.88. The second-order valence-corrected chi connectivity index (χ2v) is 5.54. The number of pyridine rings is 1. The average molecular weight is 323 g/mol. The molecule has 0 aliphatic carbocycles. The first-order valence-corrected chi connectivity index (χ1v) is 6.98. The van der Waals surface area contributed by atoms with Gasteiger partial charge in [0.1, 0.15) is 9.71 Å². The highest BCUT2D eigenvalue weighted by Gasteiger charge is 2.30. The molecular formula is C15H8F3NO2S. The molecule has 0 aliphatic heterocycles. The number of thiophene rings is 1. The zero-order valence-corrected chi connectivity index (χ0v) is 11.7. The molecule has 0 saturated carbocycles. The zero-order chi connectivity index (χ0) is 15.9. The molecule has 3 nitrogen and oxygen atoms in total. The van der Waals surface area contributed by atoms with Crippen LogP contribution in [0, 0.1) is 0 Å². The van der Waals surface area contributed by atoms with Gasteiger partial charge in [-0.2, -0.15) is 13.2 Å². The lowest BCUT2D eigenvalue weighted by atomic mass is 10.0. The van der Waals surface area contributed by atoms with Gasteiger partial charge in [-0.25, -0.2) is 9.78 Å². The summed E-state index contributed by atoms with van der Waals surface area (Å²) in [5, 5.41) is 9.93. The molecule has 0 aliphatic rings. The Kier molecular flexibility index (Phi) is 3.37. The maximum Gasteiger partial charge on any atom is 0.416 e. The third-order valence-electron chi connectivity index (χ3n) is 3.16. The number of aromatic carboxylic acids is 1. The van der Waals surface area contributed by atoms with E-state index in [0.29, 0.717) is 21.3 Å². The molecule has 1 aromatic carbocycles. The van der Waals surface area contributed by atoms with Crippen LogP contribution in [0.15, 0.2) is 42.6 Å². The topological polar surface area (TPSA) is 50.2 Å². The van der Waals surface area contributed by atoms with Crippen LogP contribution in [0.1, 0.15) is 15.2 Å². The number of rotatable bonds is 2. The highest BCUT2D eigenvalue weighted by molar-refractivity contribution is 7.21. The second-order valence-electron chi connectivity index (χ2n) is 4.54. The van der Waals surface area contributed by atoms with Crippen molar-refractivity contribution in [1.29, 1.82) is 0 Å². The molecule has 3 rings (SSSR count). The van der Waals surface area contributed by atoms with E-state index in [-0.39, 0.29) is 4.88 Å². The van der Waals surface area contributed by atoms with E-state index in [1.54, 1.807) is 18.3 Å². The van der Waals surface area contributed by atoms with Gasteiger partial charge in [0.2, 0.25) is 0 Å². The van der Waals surface area contributed by atoms with Crippen LogP contribution in [-0.2, 0) is 6.18 Å². The minimum Gasteiger partial charge on any atom is -0.477 e. The minimum absolute atomic E-state index is 0.0634. The third kappa shape index (κ3) is 2.43. The van der Waals surface area contributed by atoms with Gasteiger partial charge in [0.15, 0.2) is 0 Å². The van der Waals surface area contributed by atoms with Gasteiger partial charge in [0.25, 0.3) is 0 Å². The molecule has 3 aromatic rings. The number of hydrogen-bond donors (Lipinski definition) is 1. The molecule has 0 amide bonds. The van der Waals surface area contributed by atoms with E-state index in [4.69, 9.17) is 0 Å². The monoisotopic (exact) mass is 323 g/mol. The van der Waals surface area contributed by atoms with Crippen LogP contribution in [0.4, 0.5) is 13.2 Å². The lowest BCUT2D eigenvalue weighted by molar-refractivity contribution is -0.137. The lowest BCUT2D eigenvalue weighted by Gasteiger charge is -2.08. The number of carboxylic acids is 1. The minimum atomic E-state index is -4.42. The Morgan fingerprint density at radius 3 is 2.41 bits per heavy atom. The number of carbonyl (C=O) groups is 1. The number of fused-ring (bicyclic) bond motifs is 1. The van der Waals surface area contributed by atoms with Gasteiger partial charge in [-0.3, -0.25) is 0 Å². The number of carboxylic acid groups (broad SMARTS) is 1. The smallest absolute Gasteiger partial charge is 0.416 e. The number of benzene rings is 1. The van der Waals surface area contributed by atoms with Gasteiger partial charge in [0.05, 0.1) is 5.56 Å². The molecular weight excluding hydrogens is 315 g/mol. The standard InChI is InChI=1S/C15H8F3NO2S/c16-15(17,18)9-5-3-8(4-6-9)11-10-2-1-7-19-13(10)22-12(11)14(20)21/h1-7H,(H,20,21). The number of halogens is 3. The van der Waals surface area contributed by atoms with Crippen molar-refractivity contribution in [3.8, 4) is 11.1 Å². The highest BCUT2D eigenvalue weighted by Crippen LogP contribution is 2.39. The quantitative estimate of drug-likeness (QED) is 0.745. The summed E-state index contributed by atoms with van der Waals surface area (Å²) >= 11 is 1.00. The first kappa shape index (κ1) is 14.5. The van der Waals surface area contributed by atoms with Gasteiger partial charge in [0, 0.05) is 17.1 Å². The van der Waals surface area contributed by atoms with Crippen molar-refractivity contribution in [2.45, 2.75) is 6.18 Å². The molecule has 22 heavy (non-hydrogen) atoms. The molecule has 0 saturated heterocycles. The molecule has 1 N–H and O–H groups in total. The van der Waals surface area contributed by atoms with Crippen molar-refractivity contribution in [1.82, 2.24) is 4.98 Å². The van der Waals surface area contributed by atoms with Crippen molar-refractivity contribution in [2.24, 2.45) is 0 Å². The van der Waals surface area contributed by atoms with Crippen molar-refractivity contribution in [2.75, 3.05) is 0 Å².